The zero-order valence-corrected chi connectivity index (χ0v) is 12.1. The van der Waals surface area contributed by atoms with Crippen molar-refractivity contribution in [3.63, 3.8) is 0 Å². The first-order chi connectivity index (χ1) is 9.43. The quantitative estimate of drug-likeness (QED) is 0.480. The molecule has 0 N–H and O–H groups in total. The van der Waals surface area contributed by atoms with Gasteiger partial charge in [0, 0.05) is 5.56 Å². The summed E-state index contributed by atoms with van der Waals surface area (Å²) in [6.07, 6.45) is 0. The zero-order chi connectivity index (χ0) is 15.2. The summed E-state index contributed by atoms with van der Waals surface area (Å²) in [5.74, 6) is 5.25. The molecular weight excluding hydrogens is 256 g/mol. The average molecular weight is 274 g/mol. The van der Waals surface area contributed by atoms with Crippen LogP contribution in [0.25, 0.3) is 0 Å². The highest BCUT2D eigenvalue weighted by atomic mass is 16.5. The van der Waals surface area contributed by atoms with Crippen molar-refractivity contribution in [2.75, 3.05) is 13.7 Å². The summed E-state index contributed by atoms with van der Waals surface area (Å²) < 4.78 is 10.0. The number of ether oxygens (including phenoxy) is 2. The topological polar surface area (TPSA) is 52.6 Å². The van der Waals surface area contributed by atoms with Crippen LogP contribution >= 0.6 is 0 Å². The first-order valence-electron chi connectivity index (χ1n) is 6.29. The first-order valence-corrected chi connectivity index (χ1v) is 6.29. The minimum Gasteiger partial charge on any atom is -0.497 e. The monoisotopic (exact) mass is 274 g/mol. The normalized spacial score (nSPS) is 12.6. The third kappa shape index (κ3) is 3.61. The van der Waals surface area contributed by atoms with E-state index in [-0.39, 0.29) is 12.4 Å². The molecule has 1 atom stereocenters. The van der Waals surface area contributed by atoms with Gasteiger partial charge in [-0.1, -0.05) is 17.9 Å². The van der Waals surface area contributed by atoms with Crippen molar-refractivity contribution < 1.29 is 19.1 Å². The molecule has 4 heteroatoms. The van der Waals surface area contributed by atoms with Crippen molar-refractivity contribution >= 4 is 11.8 Å². The van der Waals surface area contributed by atoms with E-state index in [1.54, 1.807) is 38.3 Å². The summed E-state index contributed by atoms with van der Waals surface area (Å²) >= 11 is 0. The SMILES string of the molecule is CCOC(=O)[C@](C)(C#Cc1cccc(OC)c1)C(C)=O. The van der Waals surface area contributed by atoms with E-state index in [9.17, 15) is 9.59 Å². The van der Waals surface area contributed by atoms with Crippen LogP contribution in [0.3, 0.4) is 0 Å². The number of rotatable bonds is 4. The average Bonchev–Trinajstić information content (AvgIpc) is 2.45. The van der Waals surface area contributed by atoms with E-state index >= 15 is 0 Å². The van der Waals surface area contributed by atoms with E-state index in [4.69, 9.17) is 9.47 Å². The predicted octanol–water partition coefficient (Wildman–Crippen LogP) is 2.21. The van der Waals surface area contributed by atoms with Gasteiger partial charge in [-0.25, -0.2) is 4.79 Å². The van der Waals surface area contributed by atoms with Crippen molar-refractivity contribution in [1.29, 1.82) is 0 Å². The van der Waals surface area contributed by atoms with Gasteiger partial charge in [-0.05, 0) is 39.0 Å². The molecule has 0 aliphatic carbocycles. The Morgan fingerprint density at radius 2 is 2.05 bits per heavy atom. The number of benzene rings is 1. The van der Waals surface area contributed by atoms with Gasteiger partial charge < -0.3 is 9.47 Å². The van der Waals surface area contributed by atoms with Crippen molar-refractivity contribution in [2.24, 2.45) is 5.41 Å². The maximum Gasteiger partial charge on any atom is 0.331 e. The standard InChI is InChI=1S/C16H18O4/c1-5-20-15(18)16(3,12(2)17)10-9-13-7-6-8-14(11-13)19-4/h6-8,11H,5H2,1-4H3/t16-/m1/s1. The summed E-state index contributed by atoms with van der Waals surface area (Å²) in [6.45, 7) is 4.70. The van der Waals surface area contributed by atoms with Gasteiger partial charge in [-0.2, -0.15) is 0 Å². The molecule has 0 aromatic heterocycles. The highest BCUT2D eigenvalue weighted by molar-refractivity contribution is 6.05. The van der Waals surface area contributed by atoms with Crippen LogP contribution in [-0.2, 0) is 14.3 Å². The molecule has 20 heavy (non-hydrogen) atoms. The lowest BCUT2D eigenvalue weighted by atomic mass is 9.87. The summed E-state index contributed by atoms with van der Waals surface area (Å²) in [5.41, 5.74) is -0.778. The largest absolute Gasteiger partial charge is 0.497 e. The maximum atomic E-state index is 11.9. The second-order valence-electron chi connectivity index (χ2n) is 4.38. The third-order valence-electron chi connectivity index (χ3n) is 2.91. The van der Waals surface area contributed by atoms with Crippen molar-refractivity contribution in [1.82, 2.24) is 0 Å². The molecule has 0 aliphatic heterocycles. The van der Waals surface area contributed by atoms with E-state index in [0.29, 0.717) is 11.3 Å². The van der Waals surface area contributed by atoms with Gasteiger partial charge in [0.15, 0.2) is 11.2 Å². The lowest BCUT2D eigenvalue weighted by Gasteiger charge is -2.17. The number of methoxy groups -OCH3 is 1. The third-order valence-corrected chi connectivity index (χ3v) is 2.91. The summed E-state index contributed by atoms with van der Waals surface area (Å²) in [5, 5.41) is 0. The fraction of sp³-hybridized carbons (Fsp3) is 0.375. The van der Waals surface area contributed by atoms with E-state index in [1.807, 2.05) is 0 Å². The van der Waals surface area contributed by atoms with Crippen molar-refractivity contribution in [3.05, 3.63) is 29.8 Å². The molecule has 0 spiro atoms. The Kier molecular flexibility index (Phi) is 5.33. The molecule has 0 saturated heterocycles. The Balaban J connectivity index is 3.11. The Morgan fingerprint density at radius 3 is 2.60 bits per heavy atom. The van der Waals surface area contributed by atoms with Gasteiger partial charge in [0.1, 0.15) is 5.75 Å². The van der Waals surface area contributed by atoms with Crippen LogP contribution < -0.4 is 4.74 Å². The number of esters is 1. The van der Waals surface area contributed by atoms with Crippen LogP contribution in [0.4, 0.5) is 0 Å². The summed E-state index contributed by atoms with van der Waals surface area (Å²) in [4.78, 5) is 23.6. The number of carbonyl (C=O) groups is 2. The zero-order valence-electron chi connectivity index (χ0n) is 12.1. The highest BCUT2D eigenvalue weighted by Gasteiger charge is 2.38. The van der Waals surface area contributed by atoms with Crippen LogP contribution in [0.15, 0.2) is 24.3 Å². The molecule has 1 aromatic rings. The Hall–Kier alpha value is -2.28. The predicted molar refractivity (Wildman–Crippen MR) is 75.3 cm³/mol. The fourth-order valence-electron chi connectivity index (χ4n) is 1.46. The van der Waals surface area contributed by atoms with Gasteiger partial charge in [0.2, 0.25) is 0 Å². The van der Waals surface area contributed by atoms with E-state index < -0.39 is 11.4 Å². The lowest BCUT2D eigenvalue weighted by Crippen LogP contribution is -2.35. The van der Waals surface area contributed by atoms with E-state index in [0.717, 1.165) is 0 Å². The molecule has 0 radical (unpaired) electrons. The molecule has 0 unspecified atom stereocenters. The van der Waals surface area contributed by atoms with E-state index in [1.165, 1.54) is 13.8 Å². The number of hydrogen-bond donors (Lipinski definition) is 0. The minimum atomic E-state index is -1.45. The molecule has 0 amide bonds. The second kappa shape index (κ2) is 6.76. The number of carbonyl (C=O) groups excluding carboxylic acids is 2. The van der Waals surface area contributed by atoms with Crippen LogP contribution in [0, 0.1) is 17.3 Å². The lowest BCUT2D eigenvalue weighted by molar-refractivity contribution is -0.154. The van der Waals surface area contributed by atoms with Crippen LogP contribution in [0.1, 0.15) is 26.3 Å². The Labute approximate surface area is 119 Å². The molecule has 0 fully saturated rings. The van der Waals surface area contributed by atoms with Gasteiger partial charge in [-0.3, -0.25) is 4.79 Å². The number of hydrogen-bond acceptors (Lipinski definition) is 4. The smallest absolute Gasteiger partial charge is 0.331 e. The minimum absolute atomic E-state index is 0.211. The van der Waals surface area contributed by atoms with Gasteiger partial charge in [0.05, 0.1) is 13.7 Å². The van der Waals surface area contributed by atoms with Crippen LogP contribution in [0.5, 0.6) is 5.75 Å². The Bertz CT molecular complexity index is 565. The summed E-state index contributed by atoms with van der Waals surface area (Å²) in [7, 11) is 1.56. The molecule has 0 aliphatic rings. The van der Waals surface area contributed by atoms with Crippen molar-refractivity contribution in [2.45, 2.75) is 20.8 Å². The van der Waals surface area contributed by atoms with Gasteiger partial charge in [-0.15, -0.1) is 0 Å². The maximum absolute atomic E-state index is 11.9. The Morgan fingerprint density at radius 1 is 1.35 bits per heavy atom. The molecule has 0 saturated carbocycles. The number of Topliss-reactive ketones (excluding diaryl/α,β-unsaturated/α-hetero) is 1. The first kappa shape index (κ1) is 15.8. The van der Waals surface area contributed by atoms with E-state index in [2.05, 4.69) is 11.8 Å². The number of ketones is 1. The van der Waals surface area contributed by atoms with Crippen LogP contribution in [-0.4, -0.2) is 25.5 Å². The van der Waals surface area contributed by atoms with Crippen molar-refractivity contribution in [3.8, 4) is 17.6 Å². The molecule has 106 valence electrons. The second-order valence-corrected chi connectivity index (χ2v) is 4.38. The molecular formula is C16H18O4. The molecule has 0 bridgehead atoms. The van der Waals surface area contributed by atoms with Crippen LogP contribution in [0.2, 0.25) is 0 Å². The van der Waals surface area contributed by atoms with Gasteiger partial charge >= 0.3 is 5.97 Å². The summed E-state index contributed by atoms with van der Waals surface area (Å²) in [6, 6.07) is 7.10. The molecule has 4 nitrogen and oxygen atoms in total. The van der Waals surface area contributed by atoms with Gasteiger partial charge in [0.25, 0.3) is 0 Å². The fourth-order valence-corrected chi connectivity index (χ4v) is 1.46. The molecule has 0 heterocycles. The molecule has 1 rings (SSSR count). The molecule has 1 aromatic carbocycles. The highest BCUT2D eigenvalue weighted by Crippen LogP contribution is 2.20.